The maximum atomic E-state index is 12.6. The van der Waals surface area contributed by atoms with Gasteiger partial charge in [-0.3, -0.25) is 4.79 Å². The molecule has 7 heteroatoms. The Balaban J connectivity index is 1.43. The number of rotatable bonds is 3. The summed E-state index contributed by atoms with van der Waals surface area (Å²) in [5.41, 5.74) is 4.73. The highest BCUT2D eigenvalue weighted by atomic mass is 16.5. The lowest BCUT2D eigenvalue weighted by Gasteiger charge is -2.37. The van der Waals surface area contributed by atoms with Crippen LogP contribution in [-0.2, 0) is 17.8 Å². The van der Waals surface area contributed by atoms with E-state index < -0.39 is 0 Å². The molecular formula is C24H28N4O3. The summed E-state index contributed by atoms with van der Waals surface area (Å²) in [5.74, 6) is 1.26. The number of nitriles is 1. The van der Waals surface area contributed by atoms with E-state index in [2.05, 4.69) is 11.0 Å². The maximum absolute atomic E-state index is 12.6. The molecule has 1 aliphatic carbocycles. The Morgan fingerprint density at radius 1 is 1.13 bits per heavy atom. The van der Waals surface area contributed by atoms with Crippen molar-refractivity contribution < 1.29 is 13.9 Å². The average Bonchev–Trinajstić information content (AvgIpc) is 3.38. The summed E-state index contributed by atoms with van der Waals surface area (Å²) in [7, 11) is 0. The van der Waals surface area contributed by atoms with Gasteiger partial charge in [0.25, 0.3) is 5.91 Å². The van der Waals surface area contributed by atoms with Crippen molar-refractivity contribution in [3.05, 3.63) is 46.5 Å². The average molecular weight is 421 g/mol. The fourth-order valence-electron chi connectivity index (χ4n) is 5.21. The van der Waals surface area contributed by atoms with E-state index in [-0.39, 0.29) is 5.91 Å². The zero-order valence-electron chi connectivity index (χ0n) is 17.8. The molecule has 0 N–H and O–H groups in total. The van der Waals surface area contributed by atoms with Gasteiger partial charge in [-0.25, -0.2) is 4.98 Å². The van der Waals surface area contributed by atoms with Crippen molar-refractivity contribution in [3.63, 3.8) is 0 Å². The summed E-state index contributed by atoms with van der Waals surface area (Å²) < 4.78 is 10.8. The Morgan fingerprint density at radius 2 is 1.94 bits per heavy atom. The number of furan rings is 1. The molecule has 2 fully saturated rings. The molecule has 1 amide bonds. The lowest BCUT2D eigenvalue weighted by Crippen LogP contribution is -2.49. The summed E-state index contributed by atoms with van der Waals surface area (Å²) >= 11 is 0. The Labute approximate surface area is 182 Å². The van der Waals surface area contributed by atoms with Crippen LogP contribution in [0.5, 0.6) is 0 Å². The monoisotopic (exact) mass is 420 g/mol. The van der Waals surface area contributed by atoms with Crippen molar-refractivity contribution in [2.24, 2.45) is 0 Å². The van der Waals surface area contributed by atoms with E-state index in [4.69, 9.17) is 14.1 Å². The number of pyridine rings is 1. The van der Waals surface area contributed by atoms with Crippen molar-refractivity contribution in [1.82, 2.24) is 9.88 Å². The molecule has 31 heavy (non-hydrogen) atoms. The summed E-state index contributed by atoms with van der Waals surface area (Å²) in [4.78, 5) is 21.8. The SMILES string of the molecule is N#Cc1c(N2CCN(C(=O)c3ccoc3)CC2)nc(C2CCCCC2)c2c1CCOC2. The third-order valence-corrected chi connectivity index (χ3v) is 6.91. The molecule has 3 aliphatic rings. The molecule has 0 unspecified atom stereocenters. The van der Waals surface area contributed by atoms with Crippen LogP contribution in [-0.4, -0.2) is 48.6 Å². The fourth-order valence-corrected chi connectivity index (χ4v) is 5.21. The van der Waals surface area contributed by atoms with Gasteiger partial charge < -0.3 is 19.0 Å². The van der Waals surface area contributed by atoms with Crippen molar-refractivity contribution in [2.75, 3.05) is 37.7 Å². The number of carbonyl (C=O) groups excluding carboxylic acids is 1. The summed E-state index contributed by atoms with van der Waals surface area (Å²) in [5, 5.41) is 10.0. The smallest absolute Gasteiger partial charge is 0.257 e. The van der Waals surface area contributed by atoms with Gasteiger partial charge in [-0.1, -0.05) is 19.3 Å². The second-order valence-electron chi connectivity index (χ2n) is 8.69. The molecule has 0 radical (unpaired) electrons. The minimum atomic E-state index is -0.00708. The Kier molecular flexibility index (Phi) is 5.65. The van der Waals surface area contributed by atoms with Gasteiger partial charge in [0.1, 0.15) is 18.2 Å². The van der Waals surface area contributed by atoms with Crippen molar-refractivity contribution in [1.29, 1.82) is 5.26 Å². The van der Waals surface area contributed by atoms with E-state index in [0.29, 0.717) is 56.4 Å². The highest BCUT2D eigenvalue weighted by Crippen LogP contribution is 2.39. The van der Waals surface area contributed by atoms with Crippen LogP contribution >= 0.6 is 0 Å². The van der Waals surface area contributed by atoms with E-state index in [0.717, 1.165) is 41.9 Å². The number of hydrogen-bond donors (Lipinski definition) is 0. The number of hydrogen-bond acceptors (Lipinski definition) is 6. The van der Waals surface area contributed by atoms with E-state index in [9.17, 15) is 10.1 Å². The quantitative estimate of drug-likeness (QED) is 0.754. The molecule has 1 saturated carbocycles. The first-order valence-corrected chi connectivity index (χ1v) is 11.4. The second-order valence-corrected chi connectivity index (χ2v) is 8.69. The lowest BCUT2D eigenvalue weighted by molar-refractivity contribution is 0.0745. The summed E-state index contributed by atoms with van der Waals surface area (Å²) in [6, 6.07) is 4.16. The number of ether oxygens (including phenoxy) is 1. The van der Waals surface area contributed by atoms with Crippen molar-refractivity contribution in [2.45, 2.75) is 51.0 Å². The molecule has 0 aromatic carbocycles. The predicted octanol–water partition coefficient (Wildman–Crippen LogP) is 3.63. The zero-order chi connectivity index (χ0) is 21.2. The van der Waals surface area contributed by atoms with Gasteiger partial charge in [0.15, 0.2) is 0 Å². The zero-order valence-corrected chi connectivity index (χ0v) is 17.8. The molecule has 2 aromatic rings. The normalized spacial score (nSPS) is 19.7. The molecule has 0 spiro atoms. The number of carbonyl (C=O) groups is 1. The standard InChI is InChI=1S/C24H28N4O3/c25-14-20-19-7-13-31-16-21(19)22(17-4-2-1-3-5-17)26-23(20)27-8-10-28(11-9-27)24(29)18-6-12-30-15-18/h6,12,15,17H,1-5,7-11,13,16H2. The molecule has 2 aromatic heterocycles. The molecule has 5 rings (SSSR count). The second kappa shape index (κ2) is 8.72. The molecule has 1 saturated heterocycles. The highest BCUT2D eigenvalue weighted by Gasteiger charge is 2.31. The lowest BCUT2D eigenvalue weighted by atomic mass is 9.82. The minimum Gasteiger partial charge on any atom is -0.472 e. The van der Waals surface area contributed by atoms with Crippen LogP contribution in [0.15, 0.2) is 23.0 Å². The number of piperazine rings is 1. The van der Waals surface area contributed by atoms with Gasteiger partial charge in [-0.2, -0.15) is 5.26 Å². The van der Waals surface area contributed by atoms with Crippen LogP contribution in [0.25, 0.3) is 0 Å². The van der Waals surface area contributed by atoms with Crippen molar-refractivity contribution in [3.8, 4) is 6.07 Å². The van der Waals surface area contributed by atoms with Crippen LogP contribution in [0.1, 0.15) is 70.8 Å². The summed E-state index contributed by atoms with van der Waals surface area (Å²) in [6.07, 6.45) is 9.90. The molecule has 4 heterocycles. The number of anilines is 1. The minimum absolute atomic E-state index is 0.00708. The van der Waals surface area contributed by atoms with Crippen molar-refractivity contribution >= 4 is 11.7 Å². The molecule has 2 aliphatic heterocycles. The van der Waals surface area contributed by atoms with Gasteiger partial charge in [-0.05, 0) is 30.9 Å². The maximum Gasteiger partial charge on any atom is 0.257 e. The Morgan fingerprint density at radius 3 is 2.65 bits per heavy atom. The fraction of sp³-hybridized carbons (Fsp3) is 0.542. The first-order valence-electron chi connectivity index (χ1n) is 11.4. The van der Waals surface area contributed by atoms with E-state index in [1.54, 1.807) is 6.07 Å². The molecule has 162 valence electrons. The molecule has 0 atom stereocenters. The van der Waals surface area contributed by atoms with Crippen LogP contribution in [0.4, 0.5) is 5.82 Å². The van der Waals surface area contributed by atoms with E-state index in [1.165, 1.54) is 31.8 Å². The molecule has 0 bridgehead atoms. The molecular weight excluding hydrogens is 392 g/mol. The van der Waals surface area contributed by atoms with Crippen LogP contribution in [0.3, 0.4) is 0 Å². The van der Waals surface area contributed by atoms with Gasteiger partial charge in [0.05, 0.1) is 36.3 Å². The van der Waals surface area contributed by atoms with Gasteiger partial charge in [-0.15, -0.1) is 0 Å². The third kappa shape index (κ3) is 3.81. The number of aromatic nitrogens is 1. The Bertz CT molecular complexity index is 981. The van der Waals surface area contributed by atoms with Gasteiger partial charge in [0, 0.05) is 37.7 Å². The number of fused-ring (bicyclic) bond motifs is 1. The molecule has 7 nitrogen and oxygen atoms in total. The van der Waals surface area contributed by atoms with Gasteiger partial charge >= 0.3 is 0 Å². The predicted molar refractivity (Wildman–Crippen MR) is 115 cm³/mol. The highest BCUT2D eigenvalue weighted by molar-refractivity contribution is 5.94. The van der Waals surface area contributed by atoms with Crippen LogP contribution < -0.4 is 4.90 Å². The Hall–Kier alpha value is -2.85. The third-order valence-electron chi connectivity index (χ3n) is 6.91. The largest absolute Gasteiger partial charge is 0.472 e. The van der Waals surface area contributed by atoms with Crippen LogP contribution in [0, 0.1) is 11.3 Å². The topological polar surface area (TPSA) is 82.6 Å². The number of amides is 1. The van der Waals surface area contributed by atoms with Gasteiger partial charge in [0.2, 0.25) is 0 Å². The van der Waals surface area contributed by atoms with Crippen LogP contribution in [0.2, 0.25) is 0 Å². The first kappa shape index (κ1) is 20.1. The summed E-state index contributed by atoms with van der Waals surface area (Å²) in [6.45, 7) is 3.78. The first-order chi connectivity index (χ1) is 15.3. The van der Waals surface area contributed by atoms with E-state index >= 15 is 0 Å². The number of nitrogens with zero attached hydrogens (tertiary/aromatic N) is 4. The van der Waals surface area contributed by atoms with E-state index in [1.807, 2.05) is 4.90 Å².